The number of rotatable bonds is 3. The number of carbonyl (C=O) groups excluding carboxylic acids is 1. The Morgan fingerprint density at radius 1 is 1.18 bits per heavy atom. The molecular weight excluding hydrogens is 278 g/mol. The van der Waals surface area contributed by atoms with Gasteiger partial charge >= 0.3 is 5.97 Å². The molecule has 3 aromatic rings. The van der Waals surface area contributed by atoms with E-state index in [0.717, 1.165) is 16.6 Å². The lowest BCUT2D eigenvalue weighted by atomic mass is 10.1. The van der Waals surface area contributed by atoms with Crippen molar-refractivity contribution in [2.24, 2.45) is 12.0 Å². The van der Waals surface area contributed by atoms with Crippen LogP contribution in [-0.2, 0) is 11.8 Å². The number of methoxy groups -OCH3 is 1. The minimum Gasteiger partial charge on any atom is -0.465 e. The fourth-order valence-corrected chi connectivity index (χ4v) is 2.20. The van der Waals surface area contributed by atoms with Crippen LogP contribution in [0.5, 0.6) is 0 Å². The molecule has 0 aliphatic rings. The fraction of sp³-hybridized carbons (Fsp3) is 0.118. The van der Waals surface area contributed by atoms with Crippen molar-refractivity contribution in [2.75, 3.05) is 7.11 Å². The number of para-hydroxylation sites is 2. The summed E-state index contributed by atoms with van der Waals surface area (Å²) in [5.41, 5.74) is 3.36. The molecule has 0 amide bonds. The molecule has 0 bridgehead atoms. The summed E-state index contributed by atoms with van der Waals surface area (Å²) < 4.78 is 6.61. The molecule has 0 saturated heterocycles. The van der Waals surface area contributed by atoms with Gasteiger partial charge in [-0.05, 0) is 29.8 Å². The average Bonchev–Trinajstić information content (AvgIpc) is 2.89. The molecule has 0 atom stereocenters. The minimum absolute atomic E-state index is 0.348. The molecule has 0 radical (unpaired) electrons. The van der Waals surface area contributed by atoms with E-state index in [1.54, 1.807) is 18.3 Å². The Hall–Kier alpha value is -2.95. The van der Waals surface area contributed by atoms with Crippen molar-refractivity contribution in [3.05, 3.63) is 59.7 Å². The second-order valence-electron chi connectivity index (χ2n) is 4.83. The predicted molar refractivity (Wildman–Crippen MR) is 85.7 cm³/mol. The first kappa shape index (κ1) is 14.0. The van der Waals surface area contributed by atoms with Crippen LogP contribution in [0, 0.1) is 0 Å². The van der Waals surface area contributed by atoms with Gasteiger partial charge in [0, 0.05) is 13.3 Å². The standard InChI is InChI=1S/C17H15N3O2/c1-20-15-6-4-3-5-14(15)19-17(20)18-11-12-7-9-13(10-8-12)16(21)22-2/h3-11H,1-2H3. The van der Waals surface area contributed by atoms with Gasteiger partial charge < -0.3 is 9.30 Å². The number of hydrogen-bond acceptors (Lipinski definition) is 4. The number of esters is 1. The number of carbonyl (C=O) groups is 1. The maximum Gasteiger partial charge on any atom is 0.337 e. The summed E-state index contributed by atoms with van der Waals surface area (Å²) in [5, 5.41) is 0. The highest BCUT2D eigenvalue weighted by Crippen LogP contribution is 2.19. The summed E-state index contributed by atoms with van der Waals surface area (Å²) in [5.74, 6) is 0.289. The summed E-state index contributed by atoms with van der Waals surface area (Å²) in [6, 6.07) is 14.9. The van der Waals surface area contributed by atoms with Crippen molar-refractivity contribution in [3.63, 3.8) is 0 Å². The second-order valence-corrected chi connectivity index (χ2v) is 4.83. The highest BCUT2D eigenvalue weighted by molar-refractivity contribution is 5.91. The van der Waals surface area contributed by atoms with Gasteiger partial charge in [-0.2, -0.15) is 0 Å². The Bertz CT molecular complexity index is 848. The van der Waals surface area contributed by atoms with Crippen LogP contribution in [0.2, 0.25) is 0 Å². The molecule has 0 fully saturated rings. The molecule has 22 heavy (non-hydrogen) atoms. The number of nitrogens with zero attached hydrogens (tertiary/aromatic N) is 3. The summed E-state index contributed by atoms with van der Waals surface area (Å²) in [6.45, 7) is 0. The van der Waals surface area contributed by atoms with E-state index in [0.29, 0.717) is 11.5 Å². The van der Waals surface area contributed by atoms with Crippen LogP contribution in [0.25, 0.3) is 11.0 Å². The van der Waals surface area contributed by atoms with Crippen LogP contribution in [0.3, 0.4) is 0 Å². The molecule has 0 unspecified atom stereocenters. The number of benzene rings is 2. The van der Waals surface area contributed by atoms with E-state index < -0.39 is 0 Å². The van der Waals surface area contributed by atoms with Crippen LogP contribution in [0.1, 0.15) is 15.9 Å². The van der Waals surface area contributed by atoms with Gasteiger partial charge in [-0.15, -0.1) is 0 Å². The van der Waals surface area contributed by atoms with E-state index >= 15 is 0 Å². The summed E-state index contributed by atoms with van der Waals surface area (Å²) in [4.78, 5) is 20.3. The normalized spacial score (nSPS) is 11.2. The van der Waals surface area contributed by atoms with E-state index in [-0.39, 0.29) is 5.97 Å². The number of hydrogen-bond donors (Lipinski definition) is 0. The van der Waals surface area contributed by atoms with Crippen LogP contribution >= 0.6 is 0 Å². The van der Waals surface area contributed by atoms with Crippen molar-refractivity contribution < 1.29 is 9.53 Å². The third-order valence-corrected chi connectivity index (χ3v) is 3.42. The molecule has 0 N–H and O–H groups in total. The van der Waals surface area contributed by atoms with E-state index in [2.05, 4.69) is 14.7 Å². The fourth-order valence-electron chi connectivity index (χ4n) is 2.20. The van der Waals surface area contributed by atoms with Gasteiger partial charge in [0.05, 0.1) is 23.7 Å². The number of ether oxygens (including phenoxy) is 1. The molecule has 1 heterocycles. The Balaban J connectivity index is 1.86. The first-order valence-electron chi connectivity index (χ1n) is 6.83. The zero-order valence-electron chi connectivity index (χ0n) is 12.4. The van der Waals surface area contributed by atoms with Crippen molar-refractivity contribution >= 4 is 29.2 Å². The van der Waals surface area contributed by atoms with Crippen molar-refractivity contribution in [2.45, 2.75) is 0 Å². The second kappa shape index (κ2) is 5.81. The molecule has 0 saturated carbocycles. The van der Waals surface area contributed by atoms with E-state index in [1.165, 1.54) is 7.11 Å². The lowest BCUT2D eigenvalue weighted by Crippen LogP contribution is -2.00. The molecule has 110 valence electrons. The molecule has 0 aliphatic carbocycles. The van der Waals surface area contributed by atoms with Crippen LogP contribution in [0.4, 0.5) is 5.95 Å². The topological polar surface area (TPSA) is 56.5 Å². The highest BCUT2D eigenvalue weighted by atomic mass is 16.5. The maximum absolute atomic E-state index is 11.4. The molecule has 2 aromatic carbocycles. The van der Waals surface area contributed by atoms with Gasteiger partial charge in [0.25, 0.3) is 0 Å². The van der Waals surface area contributed by atoms with Gasteiger partial charge in [0.2, 0.25) is 5.95 Å². The van der Waals surface area contributed by atoms with Gasteiger partial charge in [-0.3, -0.25) is 0 Å². The first-order valence-corrected chi connectivity index (χ1v) is 6.83. The number of aliphatic imine (C=N–C) groups is 1. The molecule has 5 nitrogen and oxygen atoms in total. The summed E-state index contributed by atoms with van der Waals surface area (Å²) in [7, 11) is 3.30. The smallest absolute Gasteiger partial charge is 0.337 e. The van der Waals surface area contributed by atoms with Crippen molar-refractivity contribution in [1.29, 1.82) is 0 Å². The quantitative estimate of drug-likeness (QED) is 0.550. The SMILES string of the molecule is COC(=O)c1ccc(C=Nc2nc3ccccc3n2C)cc1. The lowest BCUT2D eigenvalue weighted by molar-refractivity contribution is 0.0600. The largest absolute Gasteiger partial charge is 0.465 e. The molecule has 3 rings (SSSR count). The monoisotopic (exact) mass is 293 g/mol. The van der Waals surface area contributed by atoms with Gasteiger partial charge in [0.1, 0.15) is 0 Å². The molecular formula is C17H15N3O2. The molecule has 0 spiro atoms. The zero-order valence-corrected chi connectivity index (χ0v) is 12.4. The summed E-state index contributed by atoms with van der Waals surface area (Å²) >= 11 is 0. The number of fused-ring (bicyclic) bond motifs is 1. The van der Waals surface area contributed by atoms with Gasteiger partial charge in [0.15, 0.2) is 0 Å². The summed E-state index contributed by atoms with van der Waals surface area (Å²) in [6.07, 6.45) is 1.72. The number of aryl methyl sites for hydroxylation is 1. The lowest BCUT2D eigenvalue weighted by Gasteiger charge is -1.99. The van der Waals surface area contributed by atoms with E-state index in [1.807, 2.05) is 48.0 Å². The van der Waals surface area contributed by atoms with Crippen LogP contribution in [0.15, 0.2) is 53.5 Å². The van der Waals surface area contributed by atoms with Crippen LogP contribution < -0.4 is 0 Å². The Morgan fingerprint density at radius 3 is 2.59 bits per heavy atom. The Labute approximate surface area is 127 Å². The first-order chi connectivity index (χ1) is 10.7. The maximum atomic E-state index is 11.4. The number of imidazole rings is 1. The Kier molecular flexibility index (Phi) is 3.70. The average molecular weight is 293 g/mol. The van der Waals surface area contributed by atoms with Crippen molar-refractivity contribution in [1.82, 2.24) is 9.55 Å². The third kappa shape index (κ3) is 2.61. The predicted octanol–water partition coefficient (Wildman–Crippen LogP) is 3.11. The van der Waals surface area contributed by atoms with E-state index in [9.17, 15) is 4.79 Å². The van der Waals surface area contributed by atoms with Gasteiger partial charge in [-0.1, -0.05) is 24.3 Å². The number of aromatic nitrogens is 2. The van der Waals surface area contributed by atoms with E-state index in [4.69, 9.17) is 0 Å². The third-order valence-electron chi connectivity index (χ3n) is 3.42. The highest BCUT2D eigenvalue weighted by Gasteiger charge is 2.05. The molecule has 5 heteroatoms. The minimum atomic E-state index is -0.348. The Morgan fingerprint density at radius 2 is 1.91 bits per heavy atom. The molecule has 0 aliphatic heterocycles. The molecule has 1 aromatic heterocycles. The van der Waals surface area contributed by atoms with Gasteiger partial charge in [-0.25, -0.2) is 14.8 Å². The van der Waals surface area contributed by atoms with Crippen molar-refractivity contribution in [3.8, 4) is 0 Å². The van der Waals surface area contributed by atoms with Crippen LogP contribution in [-0.4, -0.2) is 28.8 Å². The zero-order chi connectivity index (χ0) is 15.5.